The number of carbonyl (C=O) groups excluding carboxylic acids is 1. The molecule has 0 radical (unpaired) electrons. The van der Waals surface area contributed by atoms with Crippen LogP contribution in [0.25, 0.3) is 0 Å². The van der Waals surface area contributed by atoms with Crippen LogP contribution in [-0.4, -0.2) is 69.6 Å². The minimum Gasteiger partial charge on any atom is -0.378 e. The van der Waals surface area contributed by atoms with Crippen LogP contribution in [0.3, 0.4) is 0 Å². The molecular formula is C22H28ClFN4O. The van der Waals surface area contributed by atoms with E-state index in [2.05, 4.69) is 51.3 Å². The fourth-order valence-electron chi connectivity index (χ4n) is 3.58. The normalized spacial score (nSPS) is 16.4. The first kappa shape index (κ1) is 21.6. The maximum Gasteiger partial charge on any atom is 0.255 e. The molecule has 1 amide bonds. The van der Waals surface area contributed by atoms with Crippen molar-refractivity contribution in [3.63, 3.8) is 0 Å². The van der Waals surface area contributed by atoms with Crippen molar-refractivity contribution in [1.82, 2.24) is 15.1 Å². The van der Waals surface area contributed by atoms with Crippen molar-refractivity contribution in [2.24, 2.45) is 0 Å². The topological polar surface area (TPSA) is 38.8 Å². The van der Waals surface area contributed by atoms with Crippen LogP contribution in [0.5, 0.6) is 0 Å². The summed E-state index contributed by atoms with van der Waals surface area (Å²) >= 11 is 6.05. The molecular weight excluding hydrogens is 391 g/mol. The molecule has 2 aromatic carbocycles. The smallest absolute Gasteiger partial charge is 0.255 e. The Morgan fingerprint density at radius 2 is 1.79 bits per heavy atom. The molecule has 3 rings (SSSR count). The molecule has 1 atom stereocenters. The van der Waals surface area contributed by atoms with Gasteiger partial charge < -0.3 is 15.1 Å². The number of rotatable bonds is 6. The van der Waals surface area contributed by atoms with Crippen molar-refractivity contribution in [3.05, 3.63) is 64.4 Å². The summed E-state index contributed by atoms with van der Waals surface area (Å²) in [7, 11) is 6.12. The van der Waals surface area contributed by atoms with Crippen LogP contribution in [0.2, 0.25) is 5.02 Å². The number of hydrogen-bond donors (Lipinski definition) is 1. The minimum atomic E-state index is -0.610. The summed E-state index contributed by atoms with van der Waals surface area (Å²) in [5.74, 6) is -1.10. The summed E-state index contributed by atoms with van der Waals surface area (Å²) in [6, 6.07) is 12.6. The van der Waals surface area contributed by atoms with Crippen molar-refractivity contribution in [2.75, 3.05) is 58.8 Å². The molecule has 0 saturated carbocycles. The van der Waals surface area contributed by atoms with Crippen LogP contribution in [0, 0.1) is 5.82 Å². The number of halogens is 2. The predicted molar refractivity (Wildman–Crippen MR) is 116 cm³/mol. The van der Waals surface area contributed by atoms with Gasteiger partial charge in [0.25, 0.3) is 5.91 Å². The zero-order chi connectivity index (χ0) is 21.0. The van der Waals surface area contributed by atoms with Crippen LogP contribution in [0.1, 0.15) is 22.0 Å². The number of anilines is 1. The van der Waals surface area contributed by atoms with E-state index in [4.69, 9.17) is 11.6 Å². The predicted octanol–water partition coefficient (Wildman–Crippen LogP) is 3.26. The van der Waals surface area contributed by atoms with Crippen molar-refractivity contribution in [2.45, 2.75) is 6.04 Å². The molecule has 1 unspecified atom stereocenters. The lowest BCUT2D eigenvalue weighted by Gasteiger charge is -2.38. The van der Waals surface area contributed by atoms with Crippen LogP contribution in [0.15, 0.2) is 42.5 Å². The van der Waals surface area contributed by atoms with Gasteiger partial charge >= 0.3 is 0 Å². The monoisotopic (exact) mass is 418 g/mol. The lowest BCUT2D eigenvalue weighted by molar-refractivity contribution is 0.0883. The van der Waals surface area contributed by atoms with E-state index in [1.54, 1.807) is 0 Å². The van der Waals surface area contributed by atoms with Gasteiger partial charge in [0.05, 0.1) is 16.6 Å². The SMILES string of the molecule is CN1CCN(C(CNC(=O)c2c(F)cccc2Cl)c2ccc(N(C)C)cc2)CC1. The quantitative estimate of drug-likeness (QED) is 0.781. The number of benzene rings is 2. The molecule has 7 heteroatoms. The molecule has 156 valence electrons. The Hall–Kier alpha value is -2.15. The highest BCUT2D eigenvalue weighted by atomic mass is 35.5. The molecule has 1 fully saturated rings. The zero-order valence-corrected chi connectivity index (χ0v) is 17.9. The van der Waals surface area contributed by atoms with Gasteiger partial charge in [0.1, 0.15) is 5.82 Å². The molecule has 0 aromatic heterocycles. The molecule has 0 aliphatic carbocycles. The van der Waals surface area contributed by atoms with E-state index in [9.17, 15) is 9.18 Å². The maximum absolute atomic E-state index is 14.1. The molecule has 1 heterocycles. The van der Waals surface area contributed by atoms with Gasteiger partial charge in [-0.15, -0.1) is 0 Å². The largest absolute Gasteiger partial charge is 0.378 e. The van der Waals surface area contributed by atoms with Gasteiger partial charge in [0, 0.05) is 52.5 Å². The van der Waals surface area contributed by atoms with E-state index in [0.29, 0.717) is 6.54 Å². The average Bonchev–Trinajstić information content (AvgIpc) is 2.69. The Balaban J connectivity index is 1.78. The summed E-state index contributed by atoms with van der Waals surface area (Å²) in [4.78, 5) is 19.3. The van der Waals surface area contributed by atoms with Gasteiger partial charge in [0.15, 0.2) is 0 Å². The number of nitrogens with one attached hydrogen (secondary N) is 1. The number of hydrogen-bond acceptors (Lipinski definition) is 4. The highest BCUT2D eigenvalue weighted by Gasteiger charge is 2.25. The zero-order valence-electron chi connectivity index (χ0n) is 17.2. The second-order valence-corrected chi connectivity index (χ2v) is 8.05. The first-order valence-electron chi connectivity index (χ1n) is 9.79. The third kappa shape index (κ3) is 5.26. The molecule has 1 saturated heterocycles. The van der Waals surface area contributed by atoms with Crippen molar-refractivity contribution >= 4 is 23.2 Å². The molecule has 29 heavy (non-hydrogen) atoms. The first-order chi connectivity index (χ1) is 13.9. The number of likely N-dealkylation sites (N-methyl/N-ethyl adjacent to an activating group) is 1. The minimum absolute atomic E-state index is 0.00871. The van der Waals surface area contributed by atoms with Crippen LogP contribution >= 0.6 is 11.6 Å². The van der Waals surface area contributed by atoms with E-state index in [1.807, 2.05) is 14.1 Å². The van der Waals surface area contributed by atoms with Gasteiger partial charge in [-0.1, -0.05) is 29.8 Å². The Morgan fingerprint density at radius 1 is 1.14 bits per heavy atom. The second kappa shape index (κ2) is 9.57. The highest BCUT2D eigenvalue weighted by Crippen LogP contribution is 2.25. The van der Waals surface area contributed by atoms with Crippen LogP contribution in [-0.2, 0) is 0 Å². The summed E-state index contributed by atoms with van der Waals surface area (Å²) in [5.41, 5.74) is 2.14. The standard InChI is InChI=1S/C22H28ClFN4O/c1-26(2)17-9-7-16(8-10-17)20(28-13-11-27(3)12-14-28)15-25-22(29)21-18(23)5-4-6-19(21)24/h4-10,20H,11-15H2,1-3H3,(H,25,29). The van der Waals surface area contributed by atoms with Crippen LogP contribution in [0.4, 0.5) is 10.1 Å². The van der Waals surface area contributed by atoms with E-state index in [1.165, 1.54) is 18.2 Å². The third-order valence-corrected chi connectivity index (χ3v) is 5.73. The fraction of sp³-hybridized carbons (Fsp3) is 0.409. The van der Waals surface area contributed by atoms with Crippen LogP contribution < -0.4 is 10.2 Å². The first-order valence-corrected chi connectivity index (χ1v) is 10.2. The number of nitrogens with zero attached hydrogens (tertiary/aromatic N) is 3. The van der Waals surface area contributed by atoms with E-state index in [0.717, 1.165) is 37.4 Å². The highest BCUT2D eigenvalue weighted by molar-refractivity contribution is 6.33. The fourth-order valence-corrected chi connectivity index (χ4v) is 3.83. The average molecular weight is 419 g/mol. The summed E-state index contributed by atoms with van der Waals surface area (Å²) in [6.45, 7) is 4.15. The van der Waals surface area contributed by atoms with E-state index in [-0.39, 0.29) is 16.6 Å². The third-order valence-electron chi connectivity index (χ3n) is 5.42. The van der Waals surface area contributed by atoms with Gasteiger partial charge in [-0.25, -0.2) is 4.39 Å². The summed E-state index contributed by atoms with van der Waals surface area (Å²) < 4.78 is 14.1. The number of carbonyl (C=O) groups is 1. The maximum atomic E-state index is 14.1. The molecule has 0 bridgehead atoms. The number of amides is 1. The Morgan fingerprint density at radius 3 is 2.38 bits per heavy atom. The molecule has 2 aromatic rings. The van der Waals surface area contributed by atoms with Gasteiger partial charge in [-0.3, -0.25) is 9.69 Å². The van der Waals surface area contributed by atoms with Crippen molar-refractivity contribution in [3.8, 4) is 0 Å². The molecule has 0 spiro atoms. The van der Waals surface area contributed by atoms with Gasteiger partial charge in [0.2, 0.25) is 0 Å². The molecule has 1 aliphatic heterocycles. The number of piperazine rings is 1. The van der Waals surface area contributed by atoms with Gasteiger partial charge in [-0.2, -0.15) is 0 Å². The second-order valence-electron chi connectivity index (χ2n) is 7.65. The van der Waals surface area contributed by atoms with Crippen molar-refractivity contribution < 1.29 is 9.18 Å². The van der Waals surface area contributed by atoms with E-state index >= 15 is 0 Å². The molecule has 1 aliphatic rings. The summed E-state index contributed by atoms with van der Waals surface area (Å²) in [6.07, 6.45) is 0. The summed E-state index contributed by atoms with van der Waals surface area (Å²) in [5, 5.41) is 3.02. The lowest BCUT2D eigenvalue weighted by atomic mass is 10.0. The Labute approximate surface area is 177 Å². The van der Waals surface area contributed by atoms with E-state index < -0.39 is 11.7 Å². The Bertz CT molecular complexity index is 815. The Kier molecular flexibility index (Phi) is 7.11. The van der Waals surface area contributed by atoms with Crippen molar-refractivity contribution in [1.29, 1.82) is 0 Å². The molecule has 5 nitrogen and oxygen atoms in total. The molecule has 1 N–H and O–H groups in total. The lowest BCUT2D eigenvalue weighted by Crippen LogP contribution is -2.48. The van der Waals surface area contributed by atoms with Gasteiger partial charge in [-0.05, 0) is 36.9 Å².